The maximum Gasteiger partial charge on any atom is 0.0285 e. The van der Waals surface area contributed by atoms with Crippen LogP contribution < -0.4 is 5.32 Å². The fourth-order valence-corrected chi connectivity index (χ4v) is 3.23. The molecule has 15 heavy (non-hydrogen) atoms. The molecule has 0 spiro atoms. The van der Waals surface area contributed by atoms with Gasteiger partial charge in [-0.25, -0.2) is 0 Å². The molecule has 1 aromatic rings. The Hall–Kier alpha value is 0.140. The summed E-state index contributed by atoms with van der Waals surface area (Å²) in [4.78, 5) is 1.47. The molecule has 1 nitrogen and oxygen atoms in total. The second-order valence-electron chi connectivity index (χ2n) is 3.92. The first-order valence-electron chi connectivity index (χ1n) is 5.66. The molecule has 0 radical (unpaired) electrons. The third-order valence-corrected chi connectivity index (χ3v) is 4.35. The molecule has 1 heterocycles. The molecule has 0 aromatic carbocycles. The molecule has 86 valence electrons. The molecular formula is C12H20BrNS. The second kappa shape index (κ2) is 7.42. The van der Waals surface area contributed by atoms with Gasteiger partial charge in [0.05, 0.1) is 0 Å². The predicted octanol–water partition coefficient (Wildman–Crippen LogP) is 4.22. The van der Waals surface area contributed by atoms with Crippen LogP contribution in [0.1, 0.15) is 37.5 Å². The number of thiophene rings is 1. The molecule has 0 fully saturated rings. The van der Waals surface area contributed by atoms with Gasteiger partial charge in [-0.3, -0.25) is 0 Å². The molecule has 0 saturated heterocycles. The van der Waals surface area contributed by atoms with E-state index >= 15 is 0 Å². The van der Waals surface area contributed by atoms with E-state index in [1.807, 2.05) is 11.3 Å². The van der Waals surface area contributed by atoms with E-state index < -0.39 is 0 Å². The Labute approximate surface area is 105 Å². The topological polar surface area (TPSA) is 12.0 Å². The van der Waals surface area contributed by atoms with E-state index in [0.29, 0.717) is 6.04 Å². The van der Waals surface area contributed by atoms with Crippen LogP contribution in [0.4, 0.5) is 0 Å². The summed E-state index contributed by atoms with van der Waals surface area (Å²) >= 11 is 5.34. The van der Waals surface area contributed by atoms with E-state index in [2.05, 4.69) is 46.7 Å². The van der Waals surface area contributed by atoms with Crippen molar-refractivity contribution in [3.05, 3.63) is 20.8 Å². The Morgan fingerprint density at radius 3 is 2.80 bits per heavy atom. The van der Waals surface area contributed by atoms with Gasteiger partial charge in [0, 0.05) is 20.8 Å². The van der Waals surface area contributed by atoms with Gasteiger partial charge in [0.1, 0.15) is 0 Å². The molecule has 0 amide bonds. The lowest BCUT2D eigenvalue weighted by molar-refractivity contribution is 0.492. The highest BCUT2D eigenvalue weighted by atomic mass is 79.9. The van der Waals surface area contributed by atoms with Crippen LogP contribution >= 0.6 is 27.3 Å². The lowest BCUT2D eigenvalue weighted by atomic mass is 10.1. The molecule has 0 aliphatic carbocycles. The summed E-state index contributed by atoms with van der Waals surface area (Å²) in [6.07, 6.45) is 6.46. The Morgan fingerprint density at radius 1 is 1.47 bits per heavy atom. The summed E-state index contributed by atoms with van der Waals surface area (Å²) in [6.45, 7) is 2.25. The predicted molar refractivity (Wildman–Crippen MR) is 72.7 cm³/mol. The number of rotatable bonds is 7. The molecule has 1 rings (SSSR count). The summed E-state index contributed by atoms with van der Waals surface area (Å²) in [6, 6.07) is 2.87. The van der Waals surface area contributed by atoms with E-state index in [1.54, 1.807) is 0 Å². The zero-order valence-corrected chi connectivity index (χ0v) is 12.0. The lowest BCUT2D eigenvalue weighted by Gasteiger charge is -2.14. The quantitative estimate of drug-likeness (QED) is 0.741. The van der Waals surface area contributed by atoms with Gasteiger partial charge in [-0.15, -0.1) is 11.3 Å². The molecule has 0 saturated carbocycles. The summed E-state index contributed by atoms with van der Waals surface area (Å²) in [7, 11) is 2.07. The van der Waals surface area contributed by atoms with E-state index in [1.165, 1.54) is 35.0 Å². The zero-order chi connectivity index (χ0) is 11.1. The number of hydrogen-bond donors (Lipinski definition) is 1. The minimum Gasteiger partial charge on any atom is -0.317 e. The molecule has 1 aromatic heterocycles. The van der Waals surface area contributed by atoms with Gasteiger partial charge in [-0.1, -0.05) is 26.2 Å². The van der Waals surface area contributed by atoms with Crippen molar-refractivity contribution < 1.29 is 0 Å². The minimum absolute atomic E-state index is 0.641. The van der Waals surface area contributed by atoms with Gasteiger partial charge >= 0.3 is 0 Å². The number of halogens is 1. The van der Waals surface area contributed by atoms with Gasteiger partial charge < -0.3 is 5.32 Å². The number of nitrogens with one attached hydrogen (secondary N) is 1. The molecular weight excluding hydrogens is 270 g/mol. The summed E-state index contributed by atoms with van der Waals surface area (Å²) in [5, 5.41) is 5.57. The lowest BCUT2D eigenvalue weighted by Crippen LogP contribution is -2.27. The third-order valence-electron chi connectivity index (χ3n) is 2.63. The van der Waals surface area contributed by atoms with Crippen LogP contribution in [0.25, 0.3) is 0 Å². The molecule has 0 aliphatic rings. The van der Waals surface area contributed by atoms with Crippen LogP contribution in [0.15, 0.2) is 15.9 Å². The van der Waals surface area contributed by atoms with Crippen molar-refractivity contribution in [1.82, 2.24) is 5.32 Å². The van der Waals surface area contributed by atoms with Crippen LogP contribution in [0.2, 0.25) is 0 Å². The average molecular weight is 290 g/mol. The van der Waals surface area contributed by atoms with Gasteiger partial charge in [0.15, 0.2) is 0 Å². The molecule has 1 atom stereocenters. The first-order valence-corrected chi connectivity index (χ1v) is 7.33. The molecule has 3 heteroatoms. The first-order chi connectivity index (χ1) is 7.26. The molecule has 1 N–H and O–H groups in total. The van der Waals surface area contributed by atoms with Crippen LogP contribution in [-0.2, 0) is 6.42 Å². The van der Waals surface area contributed by atoms with Crippen molar-refractivity contribution in [2.45, 2.75) is 45.1 Å². The van der Waals surface area contributed by atoms with Crippen LogP contribution in [0.5, 0.6) is 0 Å². The van der Waals surface area contributed by atoms with Crippen molar-refractivity contribution in [2.75, 3.05) is 7.05 Å². The smallest absolute Gasteiger partial charge is 0.0285 e. The average Bonchev–Trinajstić information content (AvgIpc) is 2.63. The molecule has 1 unspecified atom stereocenters. The second-order valence-corrected chi connectivity index (χ2v) is 5.83. The summed E-state index contributed by atoms with van der Waals surface area (Å²) in [5.74, 6) is 0. The van der Waals surface area contributed by atoms with Crippen LogP contribution in [0, 0.1) is 0 Å². The minimum atomic E-state index is 0.641. The maximum atomic E-state index is 3.50. The number of hydrogen-bond acceptors (Lipinski definition) is 2. The standard InChI is InChI=1S/C12H20BrNS/c1-3-4-5-6-11(14-2)8-12-7-10(13)9-15-12/h7,9,11,14H,3-6,8H2,1-2H3. The van der Waals surface area contributed by atoms with Gasteiger partial charge in [0.25, 0.3) is 0 Å². The zero-order valence-electron chi connectivity index (χ0n) is 9.55. The Kier molecular flexibility index (Phi) is 6.53. The Morgan fingerprint density at radius 2 is 2.27 bits per heavy atom. The SMILES string of the molecule is CCCCCC(Cc1cc(Br)cs1)NC. The maximum absolute atomic E-state index is 3.50. The van der Waals surface area contributed by atoms with Gasteiger partial charge in [-0.05, 0) is 41.9 Å². The summed E-state index contributed by atoms with van der Waals surface area (Å²) < 4.78 is 1.21. The van der Waals surface area contributed by atoms with Crippen molar-refractivity contribution in [3.8, 4) is 0 Å². The van der Waals surface area contributed by atoms with Crippen LogP contribution in [-0.4, -0.2) is 13.1 Å². The highest BCUT2D eigenvalue weighted by molar-refractivity contribution is 9.10. The van der Waals surface area contributed by atoms with E-state index in [0.717, 1.165) is 6.42 Å². The third kappa shape index (κ3) is 5.14. The number of unbranched alkanes of at least 4 members (excludes halogenated alkanes) is 2. The fourth-order valence-electron chi connectivity index (χ4n) is 1.69. The van der Waals surface area contributed by atoms with Crippen molar-refractivity contribution >= 4 is 27.3 Å². The van der Waals surface area contributed by atoms with Crippen molar-refractivity contribution in [1.29, 1.82) is 0 Å². The highest BCUT2D eigenvalue weighted by Gasteiger charge is 2.08. The Bertz CT molecular complexity index is 272. The first kappa shape index (κ1) is 13.2. The van der Waals surface area contributed by atoms with E-state index in [9.17, 15) is 0 Å². The molecule has 0 bridgehead atoms. The Balaban J connectivity index is 2.33. The summed E-state index contributed by atoms with van der Waals surface area (Å²) in [5.41, 5.74) is 0. The van der Waals surface area contributed by atoms with E-state index in [4.69, 9.17) is 0 Å². The fraction of sp³-hybridized carbons (Fsp3) is 0.667. The van der Waals surface area contributed by atoms with Gasteiger partial charge in [0.2, 0.25) is 0 Å². The monoisotopic (exact) mass is 289 g/mol. The largest absolute Gasteiger partial charge is 0.317 e. The van der Waals surface area contributed by atoms with Crippen molar-refractivity contribution in [2.24, 2.45) is 0 Å². The van der Waals surface area contributed by atoms with Crippen LogP contribution in [0.3, 0.4) is 0 Å². The van der Waals surface area contributed by atoms with E-state index in [-0.39, 0.29) is 0 Å². The highest BCUT2D eigenvalue weighted by Crippen LogP contribution is 2.21. The normalized spacial score (nSPS) is 13.0. The van der Waals surface area contributed by atoms with Crippen molar-refractivity contribution in [3.63, 3.8) is 0 Å². The molecule has 0 aliphatic heterocycles. The van der Waals surface area contributed by atoms with Gasteiger partial charge in [-0.2, -0.15) is 0 Å². The number of likely N-dealkylation sites (N-methyl/N-ethyl adjacent to an activating group) is 1.